The topological polar surface area (TPSA) is 84.0 Å². The summed E-state index contributed by atoms with van der Waals surface area (Å²) in [5.74, 6) is -0.280. The quantitative estimate of drug-likeness (QED) is 0.810. The van der Waals surface area contributed by atoms with Crippen LogP contribution in [0, 0.1) is 0 Å². The van der Waals surface area contributed by atoms with Crippen LogP contribution >= 0.6 is 11.3 Å². The van der Waals surface area contributed by atoms with Crippen LogP contribution in [0.3, 0.4) is 0 Å². The second kappa shape index (κ2) is 5.46. The van der Waals surface area contributed by atoms with E-state index in [9.17, 15) is 14.4 Å². The van der Waals surface area contributed by atoms with Gasteiger partial charge in [0.2, 0.25) is 5.91 Å². The van der Waals surface area contributed by atoms with Crippen molar-refractivity contribution in [1.29, 1.82) is 0 Å². The lowest BCUT2D eigenvalue weighted by Gasteiger charge is -2.05. The second-order valence-electron chi connectivity index (χ2n) is 3.59. The van der Waals surface area contributed by atoms with Gasteiger partial charge in [-0.25, -0.2) is 4.79 Å². The Morgan fingerprint density at radius 1 is 1.39 bits per heavy atom. The second-order valence-corrected chi connectivity index (χ2v) is 4.63. The summed E-state index contributed by atoms with van der Waals surface area (Å²) in [6.45, 7) is 0.329. The van der Waals surface area contributed by atoms with Crippen molar-refractivity contribution < 1.29 is 4.79 Å². The normalized spacial score (nSPS) is 10.2. The third-order valence-corrected chi connectivity index (χ3v) is 3.13. The third-order valence-electron chi connectivity index (χ3n) is 2.25. The van der Waals surface area contributed by atoms with Gasteiger partial charge in [-0.2, -0.15) is 0 Å². The number of nitrogens with zero attached hydrogens (tertiary/aromatic N) is 1. The molecule has 6 nitrogen and oxygen atoms in total. The zero-order chi connectivity index (χ0) is 13.0. The van der Waals surface area contributed by atoms with Gasteiger partial charge in [-0.3, -0.25) is 19.1 Å². The molecule has 7 heteroatoms. The van der Waals surface area contributed by atoms with Crippen LogP contribution in [-0.4, -0.2) is 15.5 Å². The van der Waals surface area contributed by atoms with Gasteiger partial charge in [-0.1, -0.05) is 6.07 Å². The average molecular weight is 265 g/mol. The summed E-state index contributed by atoms with van der Waals surface area (Å²) in [7, 11) is 0. The Kier molecular flexibility index (Phi) is 3.73. The molecule has 0 aliphatic heterocycles. The number of nitrogens with one attached hydrogen (secondary N) is 2. The summed E-state index contributed by atoms with van der Waals surface area (Å²) in [6, 6.07) is 5.02. The lowest BCUT2D eigenvalue weighted by molar-refractivity contribution is -0.121. The van der Waals surface area contributed by atoms with Crippen molar-refractivity contribution in [2.45, 2.75) is 13.1 Å². The molecule has 2 N–H and O–H groups in total. The zero-order valence-corrected chi connectivity index (χ0v) is 10.2. The van der Waals surface area contributed by atoms with Crippen molar-refractivity contribution in [2.24, 2.45) is 0 Å². The van der Waals surface area contributed by atoms with Gasteiger partial charge >= 0.3 is 5.69 Å². The highest BCUT2D eigenvalue weighted by Gasteiger charge is 2.04. The minimum atomic E-state index is -0.589. The zero-order valence-electron chi connectivity index (χ0n) is 9.38. The maximum atomic E-state index is 11.6. The van der Waals surface area contributed by atoms with Crippen LogP contribution in [0.15, 0.2) is 39.4 Å². The molecular formula is C11H11N3O3S. The van der Waals surface area contributed by atoms with E-state index in [4.69, 9.17) is 0 Å². The highest BCUT2D eigenvalue weighted by Crippen LogP contribution is 2.07. The number of carbonyl (C=O) groups excluding carboxylic acids is 1. The van der Waals surface area contributed by atoms with Crippen molar-refractivity contribution in [1.82, 2.24) is 14.9 Å². The van der Waals surface area contributed by atoms with Gasteiger partial charge in [0.15, 0.2) is 0 Å². The molecule has 2 heterocycles. The monoisotopic (exact) mass is 265 g/mol. The first-order chi connectivity index (χ1) is 8.65. The summed E-state index contributed by atoms with van der Waals surface area (Å²) in [4.78, 5) is 36.9. The van der Waals surface area contributed by atoms with Crippen LogP contribution < -0.4 is 16.6 Å². The van der Waals surface area contributed by atoms with E-state index in [1.807, 2.05) is 17.5 Å². The number of carbonyl (C=O) groups is 1. The summed E-state index contributed by atoms with van der Waals surface area (Å²) in [5, 5.41) is 4.62. The fraction of sp³-hybridized carbons (Fsp3) is 0.182. The lowest BCUT2D eigenvalue weighted by Crippen LogP contribution is -2.35. The average Bonchev–Trinajstić information content (AvgIpc) is 2.83. The molecule has 0 unspecified atom stereocenters. The third kappa shape index (κ3) is 3.17. The number of amides is 1. The molecule has 18 heavy (non-hydrogen) atoms. The Morgan fingerprint density at radius 3 is 2.89 bits per heavy atom. The van der Waals surface area contributed by atoms with Gasteiger partial charge in [0.25, 0.3) is 5.56 Å². The highest BCUT2D eigenvalue weighted by atomic mass is 32.1. The first-order valence-corrected chi connectivity index (χ1v) is 6.12. The number of hydrogen-bond acceptors (Lipinski definition) is 4. The standard InChI is InChI=1S/C11H11N3O3S/c15-9-3-4-14(11(17)13-9)7-10(16)12-6-8-2-1-5-18-8/h1-5H,6-7H2,(H,12,16)(H,13,15,17). The Balaban J connectivity index is 1.95. The maximum Gasteiger partial charge on any atom is 0.328 e. The van der Waals surface area contributed by atoms with E-state index in [0.717, 1.165) is 9.44 Å². The number of rotatable bonds is 4. The van der Waals surface area contributed by atoms with E-state index < -0.39 is 11.2 Å². The molecule has 2 rings (SSSR count). The number of aromatic amines is 1. The van der Waals surface area contributed by atoms with Gasteiger partial charge in [-0.05, 0) is 11.4 Å². The smallest absolute Gasteiger partial charge is 0.328 e. The predicted octanol–water partition coefficient (Wildman–Crippen LogP) is -0.0855. The van der Waals surface area contributed by atoms with Gasteiger partial charge in [0, 0.05) is 17.1 Å². The van der Waals surface area contributed by atoms with Crippen LogP contribution in [0.2, 0.25) is 0 Å². The molecule has 0 bridgehead atoms. The summed E-state index contributed by atoms with van der Waals surface area (Å²) in [6.07, 6.45) is 1.30. The molecule has 0 saturated heterocycles. The van der Waals surface area contributed by atoms with Crippen molar-refractivity contribution in [3.63, 3.8) is 0 Å². The van der Waals surface area contributed by atoms with Crippen LogP contribution in [0.25, 0.3) is 0 Å². The Morgan fingerprint density at radius 2 is 2.22 bits per heavy atom. The van der Waals surface area contributed by atoms with Crippen LogP contribution in [0.4, 0.5) is 0 Å². The van der Waals surface area contributed by atoms with E-state index >= 15 is 0 Å². The van der Waals surface area contributed by atoms with E-state index in [2.05, 4.69) is 10.3 Å². The molecular weight excluding hydrogens is 254 g/mol. The Hall–Kier alpha value is -2.15. The van der Waals surface area contributed by atoms with E-state index in [-0.39, 0.29) is 12.5 Å². The van der Waals surface area contributed by atoms with Crippen molar-refractivity contribution in [3.8, 4) is 0 Å². The SMILES string of the molecule is O=C(Cn1ccc(=O)[nH]c1=O)NCc1cccs1. The molecule has 0 aliphatic rings. The fourth-order valence-electron chi connectivity index (χ4n) is 1.38. The van der Waals surface area contributed by atoms with E-state index in [1.54, 1.807) is 11.3 Å². The van der Waals surface area contributed by atoms with Gasteiger partial charge in [0.1, 0.15) is 6.54 Å². The number of aromatic nitrogens is 2. The van der Waals surface area contributed by atoms with Gasteiger partial charge in [-0.15, -0.1) is 11.3 Å². The van der Waals surface area contributed by atoms with E-state index in [1.165, 1.54) is 12.3 Å². The molecule has 0 saturated carbocycles. The number of thiophene rings is 1. The predicted molar refractivity (Wildman–Crippen MR) is 67.5 cm³/mol. The van der Waals surface area contributed by atoms with Crippen LogP contribution in [0.1, 0.15) is 4.88 Å². The van der Waals surface area contributed by atoms with Gasteiger partial charge < -0.3 is 5.32 Å². The Labute approximate surface area is 106 Å². The Bertz CT molecular complexity index is 642. The molecule has 0 aliphatic carbocycles. The molecule has 0 fully saturated rings. The first kappa shape index (κ1) is 12.3. The van der Waals surface area contributed by atoms with Crippen molar-refractivity contribution >= 4 is 17.2 Å². The fourth-order valence-corrected chi connectivity index (χ4v) is 2.02. The maximum absolute atomic E-state index is 11.6. The van der Waals surface area contributed by atoms with Crippen LogP contribution in [0.5, 0.6) is 0 Å². The molecule has 2 aromatic rings. The molecule has 0 spiro atoms. The lowest BCUT2D eigenvalue weighted by atomic mass is 10.4. The minimum Gasteiger partial charge on any atom is -0.350 e. The van der Waals surface area contributed by atoms with Crippen molar-refractivity contribution in [2.75, 3.05) is 0 Å². The first-order valence-electron chi connectivity index (χ1n) is 5.24. The summed E-state index contributed by atoms with van der Waals surface area (Å²) >= 11 is 1.55. The molecule has 0 radical (unpaired) electrons. The summed E-state index contributed by atoms with van der Waals surface area (Å²) in [5.41, 5.74) is -1.07. The molecule has 2 aromatic heterocycles. The molecule has 1 amide bonds. The van der Waals surface area contributed by atoms with Crippen molar-refractivity contribution in [3.05, 3.63) is 55.5 Å². The molecule has 0 aromatic carbocycles. The van der Waals surface area contributed by atoms with Crippen LogP contribution in [-0.2, 0) is 17.9 Å². The highest BCUT2D eigenvalue weighted by molar-refractivity contribution is 7.09. The summed E-state index contributed by atoms with van der Waals surface area (Å²) < 4.78 is 1.14. The number of hydrogen-bond donors (Lipinski definition) is 2. The minimum absolute atomic E-state index is 0.110. The van der Waals surface area contributed by atoms with Gasteiger partial charge in [0.05, 0.1) is 6.54 Å². The van der Waals surface area contributed by atoms with E-state index in [0.29, 0.717) is 6.54 Å². The number of H-pyrrole nitrogens is 1. The largest absolute Gasteiger partial charge is 0.350 e. The molecule has 0 atom stereocenters. The molecule has 94 valence electrons.